The first kappa shape index (κ1) is 51.8. The fraction of sp³-hybridized carbons (Fsp3) is 0.442. The summed E-state index contributed by atoms with van der Waals surface area (Å²) >= 11 is 0.316. The number of benzene rings is 1. The lowest BCUT2D eigenvalue weighted by atomic mass is 9.90. The van der Waals surface area contributed by atoms with Gasteiger partial charge in [0.2, 0.25) is 17.7 Å². The number of amides is 5. The quantitative estimate of drug-likeness (QED) is 0.115. The highest BCUT2D eigenvalue weighted by Gasteiger charge is 2.58. The molecule has 3 aliphatic rings. The van der Waals surface area contributed by atoms with Crippen molar-refractivity contribution >= 4 is 80.1 Å². The summed E-state index contributed by atoms with van der Waals surface area (Å²) in [5.74, 6) is -4.00. The maximum absolute atomic E-state index is 15.8. The van der Waals surface area contributed by atoms with Gasteiger partial charge in [0.1, 0.15) is 20.8 Å². The third-order valence-electron chi connectivity index (χ3n) is 13.0. The first-order valence-corrected chi connectivity index (χ1v) is 25.3. The summed E-state index contributed by atoms with van der Waals surface area (Å²) in [6, 6.07) is 4.48. The number of allylic oxidation sites excluding steroid dienone is 1. The van der Waals surface area contributed by atoms with Gasteiger partial charge in [-0.05, 0) is 100 Å². The van der Waals surface area contributed by atoms with Gasteiger partial charge < -0.3 is 25.4 Å². The van der Waals surface area contributed by atoms with Crippen LogP contribution in [0.1, 0.15) is 109 Å². The van der Waals surface area contributed by atoms with E-state index < -0.39 is 89.4 Å². The highest BCUT2D eigenvalue weighted by molar-refractivity contribution is 7.88. The first-order chi connectivity index (χ1) is 31.8. The zero-order chi connectivity index (χ0) is 50.2. The topological polar surface area (TPSA) is 265 Å². The van der Waals surface area contributed by atoms with Crippen molar-refractivity contribution in [3.8, 4) is 0 Å². The average molecular weight is 1010 g/mol. The first-order valence-electron chi connectivity index (χ1n) is 21.6. The van der Waals surface area contributed by atoms with Crippen LogP contribution in [0.5, 0.6) is 0 Å². The molecular weight excluding hydrogens is 954 g/mol. The SMILES string of the molecule is CC1=C2CCC(=O)NCCCCC(C(=O)NCc3sc(S(=O)(=O)O)cc3S(=O)(=O)O)NC(=O)CCc3c(C)c(n(C)c3C)C(c3ccc(C(=O)ON4C(=O)CCC4=O)cc3)=C1[N+](C)(B(F)F)C2C. The number of halogens is 2. The van der Waals surface area contributed by atoms with Gasteiger partial charge in [-0.1, -0.05) is 12.1 Å². The Hall–Kier alpha value is -5.60. The van der Waals surface area contributed by atoms with Gasteiger partial charge in [0.25, 0.3) is 21.9 Å². The van der Waals surface area contributed by atoms with Crippen molar-refractivity contribution in [1.82, 2.24) is 25.6 Å². The van der Waals surface area contributed by atoms with Crippen LogP contribution in [0.4, 0.5) is 8.63 Å². The molecule has 3 aromatic rings. The minimum atomic E-state index is -4.98. The molecule has 3 aliphatic heterocycles. The lowest BCUT2D eigenvalue weighted by molar-refractivity contribution is -0.788. The summed E-state index contributed by atoms with van der Waals surface area (Å²) in [7, 11) is -9.61. The predicted molar refractivity (Wildman–Crippen MR) is 242 cm³/mol. The number of aromatic nitrogens is 1. The summed E-state index contributed by atoms with van der Waals surface area (Å²) < 4.78 is 98.6. The second kappa shape index (κ2) is 20.2. The van der Waals surface area contributed by atoms with Crippen molar-refractivity contribution in [2.75, 3.05) is 13.6 Å². The van der Waals surface area contributed by atoms with Gasteiger partial charge in [-0.15, -0.1) is 16.4 Å². The van der Waals surface area contributed by atoms with E-state index in [1.807, 2.05) is 11.5 Å². The lowest BCUT2D eigenvalue weighted by Crippen LogP contribution is -2.54. The van der Waals surface area contributed by atoms with Crippen LogP contribution in [0.15, 0.2) is 56.3 Å². The molecule has 5 amide bonds. The number of rotatable bonds is 9. The molecule has 0 saturated carbocycles. The molecule has 1 aromatic carbocycles. The molecule has 4 bridgehead atoms. The van der Waals surface area contributed by atoms with Crippen molar-refractivity contribution in [3.63, 3.8) is 0 Å². The number of likely N-dealkylation sites (N-methyl/N-ethyl adjacent to an activating group) is 1. The minimum Gasteiger partial charge on any atom is -0.356 e. The van der Waals surface area contributed by atoms with E-state index in [-0.39, 0.29) is 73.5 Å². The van der Waals surface area contributed by atoms with Crippen LogP contribution in [0.25, 0.3) is 5.57 Å². The van der Waals surface area contributed by atoms with Crippen LogP contribution in [0, 0.1) is 13.8 Å². The molecule has 19 nitrogen and oxygen atoms in total. The number of carbonyl (C=O) groups is 6. The molecule has 3 atom stereocenters. The van der Waals surface area contributed by atoms with Crippen molar-refractivity contribution in [2.24, 2.45) is 7.05 Å². The van der Waals surface area contributed by atoms with Gasteiger partial charge in [-0.25, -0.2) is 13.4 Å². The standard InChI is InChI=1S/C43H51BF2N6O13S3/c1-23-29-14-17-35(54)49-31(42(57)48-22-32-33(67(59,60)61)21-38(66-32)68(62,63)64)9-7-8-20-47-34(53)16-15-30-24(2)41(52(6,26(30)4)44(45)46)39(40(23)50(5)25(29)3)27-10-12-28(13-11-27)43(58)65-51-36(55)18-19-37(51)56/h10-13,21,26,31H,7-9,14-20,22H2,1-6H3,(H4-,47,48,49,53,54,57,59,60,61,62,63,64)/p+1. The van der Waals surface area contributed by atoms with Crippen molar-refractivity contribution in [1.29, 1.82) is 0 Å². The van der Waals surface area contributed by atoms with Gasteiger partial charge in [0, 0.05) is 55.4 Å². The average Bonchev–Trinajstić information content (AvgIpc) is 3.96. The van der Waals surface area contributed by atoms with Crippen molar-refractivity contribution in [2.45, 2.75) is 113 Å². The van der Waals surface area contributed by atoms with E-state index in [2.05, 4.69) is 16.0 Å². The molecule has 0 spiro atoms. The Balaban J connectivity index is 1.38. The maximum Gasteiger partial charge on any atom is 0.849 e. The van der Waals surface area contributed by atoms with Gasteiger partial charge in [0.15, 0.2) is 0 Å². The van der Waals surface area contributed by atoms with Crippen LogP contribution < -0.4 is 16.0 Å². The number of hydrogen-bond donors (Lipinski definition) is 5. The molecule has 25 heteroatoms. The number of fused-ring (bicyclic) bond motifs is 3. The second-order valence-corrected chi connectivity index (χ2v) is 21.3. The van der Waals surface area contributed by atoms with Crippen LogP contribution in [0.2, 0.25) is 0 Å². The lowest BCUT2D eigenvalue weighted by Gasteiger charge is -2.36. The molecule has 0 aliphatic carbocycles. The summed E-state index contributed by atoms with van der Waals surface area (Å²) in [5.41, 5.74) is 4.80. The number of nitrogens with one attached hydrogen (secondary N) is 3. The fourth-order valence-electron chi connectivity index (χ4n) is 9.11. The van der Waals surface area contributed by atoms with E-state index in [0.717, 1.165) is 0 Å². The summed E-state index contributed by atoms with van der Waals surface area (Å²) in [6.07, 6.45) is 0.593. The van der Waals surface area contributed by atoms with E-state index in [1.165, 1.54) is 19.2 Å². The molecule has 366 valence electrons. The Labute approximate surface area is 396 Å². The Kier molecular flexibility index (Phi) is 15.4. The normalized spacial score (nSPS) is 21.5. The van der Waals surface area contributed by atoms with E-state index >= 15 is 8.63 Å². The molecule has 3 unspecified atom stereocenters. The molecule has 5 heterocycles. The number of thiophene rings is 1. The summed E-state index contributed by atoms with van der Waals surface area (Å²) in [4.78, 5) is 82.1. The van der Waals surface area contributed by atoms with Crippen LogP contribution in [-0.2, 0) is 69.1 Å². The largest absolute Gasteiger partial charge is 0.849 e. The summed E-state index contributed by atoms with van der Waals surface area (Å²) in [6.45, 7) is 6.62. The van der Waals surface area contributed by atoms with Crippen molar-refractivity contribution in [3.05, 3.63) is 85.7 Å². The van der Waals surface area contributed by atoms with E-state index in [4.69, 9.17) is 4.84 Å². The fourth-order valence-corrected chi connectivity index (χ4v) is 12.0. The third-order valence-corrected chi connectivity index (χ3v) is 16.5. The smallest absolute Gasteiger partial charge is 0.356 e. The maximum atomic E-state index is 15.8. The monoisotopic (exact) mass is 1010 g/mol. The van der Waals surface area contributed by atoms with E-state index in [1.54, 1.807) is 40.0 Å². The third kappa shape index (κ3) is 10.5. The number of nitrogens with zero attached hydrogens (tertiary/aromatic N) is 3. The Morgan fingerprint density at radius 1 is 0.926 bits per heavy atom. The number of quaternary nitrogens is 1. The van der Waals surface area contributed by atoms with Gasteiger partial charge in [-0.3, -0.25) is 37.5 Å². The van der Waals surface area contributed by atoms with Crippen molar-refractivity contribution < 1.29 is 72.6 Å². The second-order valence-electron chi connectivity index (χ2n) is 17.1. The Morgan fingerprint density at radius 3 is 2.16 bits per heavy atom. The number of carbonyl (C=O) groups excluding carboxylic acids is 6. The highest BCUT2D eigenvalue weighted by Crippen LogP contribution is 2.49. The number of hydroxylamine groups is 2. The molecule has 5 N–H and O–H groups in total. The zero-order valence-electron chi connectivity index (χ0n) is 38.1. The van der Waals surface area contributed by atoms with E-state index in [0.29, 0.717) is 80.1 Å². The molecule has 2 aromatic heterocycles. The molecule has 68 heavy (non-hydrogen) atoms. The number of hydrogen-bond acceptors (Lipinski definition) is 12. The highest BCUT2D eigenvalue weighted by atomic mass is 32.3. The zero-order valence-corrected chi connectivity index (χ0v) is 40.6. The number of imide groups is 1. The van der Waals surface area contributed by atoms with Gasteiger partial charge in [0.05, 0.1) is 36.5 Å². The van der Waals surface area contributed by atoms with E-state index in [9.17, 15) is 54.7 Å². The van der Waals surface area contributed by atoms with Gasteiger partial charge in [-0.2, -0.15) is 16.8 Å². The molecule has 6 rings (SSSR count). The molecular formula is C43H52BF2N6O13S3+. The Bertz CT molecular complexity index is 2860. The molecule has 1 fully saturated rings. The Morgan fingerprint density at radius 2 is 1.56 bits per heavy atom. The van der Waals surface area contributed by atoms with Crippen LogP contribution >= 0.6 is 11.3 Å². The molecule has 0 radical (unpaired) electrons. The molecule has 1 saturated heterocycles. The summed E-state index contributed by atoms with van der Waals surface area (Å²) in [5, 5.41) is 8.45. The minimum absolute atomic E-state index is 0.0252. The van der Waals surface area contributed by atoms with Gasteiger partial charge >= 0.3 is 23.5 Å². The van der Waals surface area contributed by atoms with Crippen LogP contribution in [0.3, 0.4) is 0 Å². The predicted octanol–water partition coefficient (Wildman–Crippen LogP) is 4.08. The van der Waals surface area contributed by atoms with Crippen LogP contribution in [-0.4, -0.2) is 109 Å².